The van der Waals surface area contributed by atoms with E-state index in [4.69, 9.17) is 61.2 Å². The molecule has 16 nitrogen and oxygen atoms in total. The number of hydrogen-bond donors (Lipinski definition) is 4. The minimum absolute atomic E-state index is 0.0354. The van der Waals surface area contributed by atoms with E-state index < -0.39 is 28.3 Å². The maximum atomic E-state index is 12.6. The Hall–Kier alpha value is -11.0. The lowest BCUT2D eigenvalue weighted by atomic mass is 9.49. The van der Waals surface area contributed by atoms with Gasteiger partial charge in [0.25, 0.3) is 0 Å². The summed E-state index contributed by atoms with van der Waals surface area (Å²) in [4.78, 5) is 55.8. The molecule has 3 fully saturated rings. The molecule has 3 aliphatic rings. The third kappa shape index (κ3) is 34.2. The number of ketones is 4. The fourth-order valence-corrected chi connectivity index (χ4v) is 16.4. The molecule has 0 amide bonds. The molecule has 0 aromatic heterocycles. The van der Waals surface area contributed by atoms with Gasteiger partial charge in [0.2, 0.25) is 0 Å². The van der Waals surface area contributed by atoms with Crippen LogP contribution in [0, 0.1) is 20.3 Å². The maximum absolute atomic E-state index is 12.6. The summed E-state index contributed by atoms with van der Waals surface area (Å²) in [5.74, 6) is 0.0637. The zero-order chi connectivity index (χ0) is 107. The highest BCUT2D eigenvalue weighted by atomic mass is 127. The lowest BCUT2D eigenvalue weighted by molar-refractivity contribution is 0.00578. The summed E-state index contributed by atoms with van der Waals surface area (Å²) in [7, 11) is -4.27. The van der Waals surface area contributed by atoms with Gasteiger partial charge in [-0.2, -0.15) is 0 Å². The lowest BCUT2D eigenvalue weighted by Crippen LogP contribution is -2.41. The Balaban J connectivity index is 0.000000162. The van der Waals surface area contributed by atoms with Crippen molar-refractivity contribution in [3.8, 4) is 44.5 Å². The molecule has 19 rings (SSSR count). The number of benzene rings is 16. The van der Waals surface area contributed by atoms with Crippen LogP contribution in [0.4, 0.5) is 11.4 Å². The van der Waals surface area contributed by atoms with Crippen molar-refractivity contribution >= 4 is 211 Å². The van der Waals surface area contributed by atoms with E-state index in [2.05, 4.69) is 235 Å². The van der Waals surface area contributed by atoms with Gasteiger partial charge in [0.15, 0.2) is 34.5 Å². The Morgan fingerprint density at radius 3 is 0.622 bits per heavy atom. The van der Waals surface area contributed by atoms with Crippen molar-refractivity contribution in [3.05, 3.63) is 509 Å². The summed E-state index contributed by atoms with van der Waals surface area (Å²) >= 11 is 21.5. The average molecular weight is 2510 g/mol. The first kappa shape index (κ1) is 117. The van der Waals surface area contributed by atoms with Gasteiger partial charge in [-0.1, -0.05) is 407 Å². The predicted molar refractivity (Wildman–Crippen MR) is 637 cm³/mol. The molecule has 0 bridgehead atoms. The van der Waals surface area contributed by atoms with Crippen LogP contribution in [-0.2, 0) is 27.9 Å². The van der Waals surface area contributed by atoms with Gasteiger partial charge in [0.1, 0.15) is 0 Å². The second-order valence-corrected chi connectivity index (χ2v) is 44.2. The van der Waals surface area contributed by atoms with Crippen molar-refractivity contribution < 1.29 is 67.2 Å². The highest BCUT2D eigenvalue weighted by Gasteiger charge is 2.64. The fourth-order valence-electron chi connectivity index (χ4n) is 14.3. The van der Waals surface area contributed by atoms with Crippen LogP contribution in [0.15, 0.2) is 435 Å². The summed E-state index contributed by atoms with van der Waals surface area (Å²) in [6, 6.07) is 129. The van der Waals surface area contributed by atoms with E-state index >= 15 is 0 Å². The summed E-state index contributed by atoms with van der Waals surface area (Å²) in [6.07, 6.45) is 0. The molecule has 3 heterocycles. The lowest BCUT2D eigenvalue weighted by Gasteiger charge is -2.32. The first-order valence-electron chi connectivity index (χ1n) is 47.2. The van der Waals surface area contributed by atoms with Gasteiger partial charge in [-0.15, -0.1) is 0 Å². The maximum Gasteiger partial charge on any atom is 0.494 e. The molecule has 0 radical (unpaired) electrons. The van der Waals surface area contributed by atoms with E-state index in [1.54, 1.807) is 48.5 Å². The van der Waals surface area contributed by atoms with Crippen molar-refractivity contribution in [2.45, 2.75) is 117 Å². The molecule has 148 heavy (non-hydrogen) atoms. The Morgan fingerprint density at radius 1 is 0.243 bits per heavy atom. The second-order valence-electron chi connectivity index (χ2n) is 37.1. The summed E-state index contributed by atoms with van der Waals surface area (Å²) in [6.45, 7) is 37.9. The van der Waals surface area contributed by atoms with Gasteiger partial charge in [-0.05, 0) is 274 Å². The predicted octanol–water partition coefficient (Wildman–Crippen LogP) is 29.1. The summed E-state index contributed by atoms with van der Waals surface area (Å²) in [5.41, 5.74) is 15.1. The van der Waals surface area contributed by atoms with Crippen LogP contribution in [0.3, 0.4) is 0 Å². The molecule has 16 aromatic carbocycles. The van der Waals surface area contributed by atoms with Crippen molar-refractivity contribution in [2.75, 3.05) is 0 Å². The highest BCUT2D eigenvalue weighted by molar-refractivity contribution is 14.1. The van der Waals surface area contributed by atoms with Crippen molar-refractivity contribution in [1.82, 2.24) is 0 Å². The van der Waals surface area contributed by atoms with Crippen LogP contribution in [0.1, 0.15) is 147 Å². The van der Waals surface area contributed by atoms with E-state index in [1.807, 2.05) is 322 Å². The van der Waals surface area contributed by atoms with Crippen molar-refractivity contribution in [2.24, 2.45) is 0 Å². The normalized spacial score (nSPS) is 14.0. The number of carbonyl (C=O) groups excluding carboxylic acids is 4. The van der Waals surface area contributed by atoms with Gasteiger partial charge in [0.05, 0.1) is 46.8 Å². The molecular weight excluding hydrogens is 2400 g/mol. The van der Waals surface area contributed by atoms with Crippen molar-refractivity contribution in [1.29, 1.82) is 0 Å². The molecular formula is C120H108B5Br5I2N2O14. The van der Waals surface area contributed by atoms with Gasteiger partial charge < -0.3 is 48.0 Å². The van der Waals surface area contributed by atoms with Crippen LogP contribution in [0.2, 0.25) is 0 Å². The number of hydrogen-bond acceptors (Lipinski definition) is 14. The standard InChI is InChI=1S/C25H25BO3.2C19H13BrO.C13H11BO3.C13H8BrN.C12H24B2O4.C7H6BNO2.2C6H4BrI/c1-24(2)25(3,4)29-26(28-24)22-16-14-19(15-17-22)18-10-12-21(13-11-18)23(27)20-8-6-5-7-9-20;2*20-18-12-10-15(11-13-18)14-6-8-17(9-7-14)19(21)16-4-2-1-3-5-16;15-13(10-4-2-1-3-5-10)11-6-8-12(9-7-11)14(16)17;1-15-13-8-4-11(5-9-13)10-2-6-12(14)7-3-10;1-9(2)10(3,4)16-13(15-9)14-17-11(5,6)12(7,8)18-14;1-9-7-4-2-6(3-5-7)8(10)11;2*7-5-1-3-6(8)4-2-5/h5-17H,1-4H3;2*1-13H;1-9,16-17H;2-9H;1-8H3;2-5,10-11H;2*1-4H. The number of nitrogens with zero attached hydrogens (tertiary/aromatic N) is 2. The van der Waals surface area contributed by atoms with Gasteiger partial charge in [-0.3, -0.25) is 19.2 Å². The Morgan fingerprint density at radius 2 is 0.412 bits per heavy atom. The molecule has 0 atom stereocenters. The smallest absolute Gasteiger partial charge is 0.423 e. The SMILES string of the molecule is Brc1ccc(I)cc1.Brc1ccc(I)cc1.CC1(C)OB(B2OC(C)(C)C(C)(C)O2)OC1(C)C.CC1(C)OB(c2ccc(-c3ccc(C(=O)c4ccccc4)cc3)cc2)OC1(C)C.O=C(c1ccccc1)c1ccc(-c2ccc(Br)cc2)cc1.O=C(c1ccccc1)c1ccc(-c2ccc(Br)cc2)cc1.O=C(c1ccccc1)c1ccc(B(O)O)cc1.[C-]#[N+]c1ccc(-c2ccc(Br)cc2)cc1.[C-]#[N+]c1ccc(B(O)O)cc1. The summed E-state index contributed by atoms with van der Waals surface area (Å²) in [5, 5.41) is 35.2. The quantitative estimate of drug-likeness (QED) is 0.0307. The molecule has 3 saturated heterocycles. The number of halogens is 7. The van der Waals surface area contributed by atoms with E-state index in [1.165, 1.54) is 31.4 Å². The molecule has 0 aliphatic carbocycles. The Bertz CT molecular complexity index is 6780. The zero-order valence-electron chi connectivity index (χ0n) is 83.6. The van der Waals surface area contributed by atoms with Crippen LogP contribution in [0.25, 0.3) is 54.2 Å². The average Bonchev–Trinajstić information content (AvgIpc) is 1.59. The van der Waals surface area contributed by atoms with Crippen LogP contribution in [0.5, 0.6) is 0 Å². The monoisotopic (exact) mass is 2500 g/mol. The van der Waals surface area contributed by atoms with Crippen LogP contribution in [-0.4, -0.2) is 112 Å². The van der Waals surface area contributed by atoms with E-state index in [0.717, 1.165) is 72.3 Å². The Kier molecular flexibility index (Phi) is 43.7. The highest BCUT2D eigenvalue weighted by Crippen LogP contribution is 2.44. The minimum atomic E-state index is -1.50. The second kappa shape index (κ2) is 55.1. The molecule has 3 aliphatic heterocycles. The third-order valence-electron chi connectivity index (χ3n) is 25.0. The number of carbonyl (C=O) groups is 4. The fraction of sp³-hybridized carbons (Fsp3) is 0.150. The largest absolute Gasteiger partial charge is 0.494 e. The first-order chi connectivity index (χ1) is 70.4. The van der Waals surface area contributed by atoms with Gasteiger partial charge in [-0.25, -0.2) is 9.69 Å². The topological polar surface area (TPSA) is 213 Å². The zero-order valence-corrected chi connectivity index (χ0v) is 95.8. The molecule has 4 N–H and O–H groups in total. The molecule has 0 spiro atoms. The van der Waals surface area contributed by atoms with Gasteiger partial charge >= 0.3 is 35.4 Å². The molecule has 0 unspecified atom stereocenters. The molecule has 746 valence electrons. The third-order valence-corrected chi connectivity index (χ3v) is 29.1. The molecule has 0 saturated carbocycles. The summed E-state index contributed by atoms with van der Waals surface area (Å²) < 4.78 is 44.1. The first-order valence-corrected chi connectivity index (χ1v) is 53.3. The molecule has 28 heteroatoms. The Labute approximate surface area is 939 Å². The minimum Gasteiger partial charge on any atom is -0.423 e. The van der Waals surface area contributed by atoms with Crippen molar-refractivity contribution in [3.63, 3.8) is 0 Å². The van der Waals surface area contributed by atoms with Crippen LogP contribution < -0.4 is 16.4 Å². The van der Waals surface area contributed by atoms with E-state index in [9.17, 15) is 19.2 Å². The van der Waals surface area contributed by atoms with E-state index in [-0.39, 0.29) is 63.9 Å². The molecule has 16 aromatic rings. The number of rotatable bonds is 16. The van der Waals surface area contributed by atoms with Crippen LogP contribution >= 0.6 is 125 Å². The van der Waals surface area contributed by atoms with Gasteiger partial charge in [0, 0.05) is 74.0 Å². The van der Waals surface area contributed by atoms with E-state index in [0.29, 0.717) is 66.8 Å².